The van der Waals surface area contributed by atoms with Crippen LogP contribution in [0.25, 0.3) is 10.4 Å². The smallest absolute Gasteiger partial charge is 0.250 e. The van der Waals surface area contributed by atoms with Gasteiger partial charge in [-0.1, -0.05) is 0 Å². The third kappa shape index (κ3) is 2.61. The van der Waals surface area contributed by atoms with Crippen molar-refractivity contribution in [2.45, 2.75) is 12.5 Å². The molecule has 0 fully saturated rings. The zero-order valence-electron chi connectivity index (χ0n) is 12.4. The normalized spacial score (nSPS) is 13.8. The van der Waals surface area contributed by atoms with Gasteiger partial charge in [0.05, 0.1) is 0 Å². The molecule has 5 heteroatoms. The van der Waals surface area contributed by atoms with Crippen molar-refractivity contribution < 1.29 is 5.11 Å². The van der Waals surface area contributed by atoms with E-state index in [2.05, 4.69) is 4.98 Å². The maximum atomic E-state index is 11.5. The Morgan fingerprint density at radius 1 is 1.14 bits per heavy atom. The molecule has 0 unspecified atom stereocenters. The first-order valence-corrected chi connectivity index (χ1v) is 7.70. The number of pyridine rings is 2. The standard InChI is InChI=1S/C17H16N2O2S/c1-17(21,13-7-9-18-10-8-13)15-5-4-14(22-15)12-3-6-16(20)19(2)11-12/h3-11,21H,1-2H3/t17-/m1/s1. The van der Waals surface area contributed by atoms with Crippen molar-refractivity contribution in [1.82, 2.24) is 9.55 Å². The van der Waals surface area contributed by atoms with Crippen LogP contribution in [0.3, 0.4) is 0 Å². The lowest BCUT2D eigenvalue weighted by Crippen LogP contribution is -2.21. The largest absolute Gasteiger partial charge is 0.380 e. The Hall–Kier alpha value is -2.24. The average molecular weight is 312 g/mol. The van der Waals surface area contributed by atoms with E-state index in [1.54, 1.807) is 49.3 Å². The molecule has 3 aromatic rings. The highest BCUT2D eigenvalue weighted by atomic mass is 32.1. The van der Waals surface area contributed by atoms with Gasteiger partial charge in [0.25, 0.3) is 0 Å². The summed E-state index contributed by atoms with van der Waals surface area (Å²) in [6, 6.07) is 10.9. The van der Waals surface area contributed by atoms with Crippen LogP contribution < -0.4 is 5.56 Å². The Bertz CT molecular complexity index is 850. The van der Waals surface area contributed by atoms with Gasteiger partial charge in [0.2, 0.25) is 5.56 Å². The molecule has 0 aromatic carbocycles. The summed E-state index contributed by atoms with van der Waals surface area (Å²) in [5.74, 6) is 0. The lowest BCUT2D eigenvalue weighted by atomic mass is 9.95. The quantitative estimate of drug-likeness (QED) is 0.809. The van der Waals surface area contributed by atoms with E-state index < -0.39 is 5.60 Å². The van der Waals surface area contributed by atoms with Gasteiger partial charge < -0.3 is 9.67 Å². The highest BCUT2D eigenvalue weighted by molar-refractivity contribution is 7.15. The second-order valence-electron chi connectivity index (χ2n) is 5.34. The second kappa shape index (κ2) is 5.51. The summed E-state index contributed by atoms with van der Waals surface area (Å²) >= 11 is 1.52. The molecule has 112 valence electrons. The number of aliphatic hydroxyl groups is 1. The molecular formula is C17H16N2O2S. The predicted molar refractivity (Wildman–Crippen MR) is 87.9 cm³/mol. The van der Waals surface area contributed by atoms with Gasteiger partial charge in [-0.15, -0.1) is 11.3 Å². The van der Waals surface area contributed by atoms with E-state index in [1.165, 1.54) is 11.3 Å². The molecule has 0 bridgehead atoms. The van der Waals surface area contributed by atoms with Crippen molar-refractivity contribution in [2.24, 2.45) is 7.05 Å². The van der Waals surface area contributed by atoms with Gasteiger partial charge >= 0.3 is 0 Å². The van der Waals surface area contributed by atoms with Gasteiger partial charge in [-0.05, 0) is 42.8 Å². The molecule has 0 saturated carbocycles. The maximum Gasteiger partial charge on any atom is 0.250 e. The van der Waals surface area contributed by atoms with Crippen molar-refractivity contribution in [3.63, 3.8) is 0 Å². The van der Waals surface area contributed by atoms with Crippen molar-refractivity contribution in [2.75, 3.05) is 0 Å². The molecule has 0 spiro atoms. The Kier molecular flexibility index (Phi) is 3.68. The molecule has 0 saturated heterocycles. The molecule has 0 radical (unpaired) electrons. The minimum Gasteiger partial charge on any atom is -0.380 e. The molecule has 22 heavy (non-hydrogen) atoms. The minimum atomic E-state index is -1.06. The molecule has 0 aliphatic carbocycles. The van der Waals surface area contributed by atoms with Crippen LogP contribution in [0, 0.1) is 0 Å². The van der Waals surface area contributed by atoms with Gasteiger partial charge in [0.15, 0.2) is 0 Å². The molecule has 3 aromatic heterocycles. The number of hydrogen-bond acceptors (Lipinski definition) is 4. The highest BCUT2D eigenvalue weighted by Gasteiger charge is 2.27. The fraction of sp³-hybridized carbons (Fsp3) is 0.176. The maximum absolute atomic E-state index is 11.5. The van der Waals surface area contributed by atoms with Crippen LogP contribution in [0.15, 0.2) is 59.8 Å². The Balaban J connectivity index is 2.00. The first kappa shape index (κ1) is 14.7. The molecular weight excluding hydrogens is 296 g/mol. The zero-order chi connectivity index (χ0) is 15.7. The summed E-state index contributed by atoms with van der Waals surface area (Å²) in [6.45, 7) is 1.78. The summed E-state index contributed by atoms with van der Waals surface area (Å²) < 4.78 is 1.55. The van der Waals surface area contributed by atoms with E-state index in [9.17, 15) is 9.90 Å². The van der Waals surface area contributed by atoms with Crippen molar-refractivity contribution in [1.29, 1.82) is 0 Å². The summed E-state index contributed by atoms with van der Waals surface area (Å²) in [5, 5.41) is 10.8. The van der Waals surface area contributed by atoms with E-state index in [-0.39, 0.29) is 5.56 Å². The van der Waals surface area contributed by atoms with E-state index in [1.807, 2.05) is 24.3 Å². The van der Waals surface area contributed by atoms with Gasteiger partial charge in [0.1, 0.15) is 5.60 Å². The van der Waals surface area contributed by atoms with Crippen LogP contribution in [0.1, 0.15) is 17.4 Å². The Labute approximate surface area is 132 Å². The predicted octanol–water partition coefficient (Wildman–Crippen LogP) is 2.76. The van der Waals surface area contributed by atoms with Crippen LogP contribution in [0.4, 0.5) is 0 Å². The van der Waals surface area contributed by atoms with Crippen LogP contribution in [-0.2, 0) is 12.6 Å². The van der Waals surface area contributed by atoms with Gasteiger partial charge in [-0.3, -0.25) is 9.78 Å². The van der Waals surface area contributed by atoms with Crippen LogP contribution >= 0.6 is 11.3 Å². The molecule has 3 heterocycles. The van der Waals surface area contributed by atoms with E-state index in [0.717, 1.165) is 20.9 Å². The minimum absolute atomic E-state index is 0.0377. The summed E-state index contributed by atoms with van der Waals surface area (Å²) in [4.78, 5) is 17.3. The van der Waals surface area contributed by atoms with E-state index >= 15 is 0 Å². The molecule has 4 nitrogen and oxygen atoms in total. The fourth-order valence-electron chi connectivity index (χ4n) is 2.31. The fourth-order valence-corrected chi connectivity index (χ4v) is 3.38. The number of rotatable bonds is 3. The number of nitrogens with zero attached hydrogens (tertiary/aromatic N) is 2. The molecule has 1 N–H and O–H groups in total. The van der Waals surface area contributed by atoms with Crippen LogP contribution in [-0.4, -0.2) is 14.7 Å². The van der Waals surface area contributed by atoms with Gasteiger partial charge in [-0.2, -0.15) is 0 Å². The number of aromatic nitrogens is 2. The number of thiophene rings is 1. The van der Waals surface area contributed by atoms with Gasteiger partial charge in [0, 0.05) is 47.0 Å². The van der Waals surface area contributed by atoms with Crippen molar-refractivity contribution in [3.8, 4) is 10.4 Å². The van der Waals surface area contributed by atoms with Gasteiger partial charge in [-0.25, -0.2) is 0 Å². The summed E-state index contributed by atoms with van der Waals surface area (Å²) in [5.41, 5.74) is 0.663. The van der Waals surface area contributed by atoms with Crippen molar-refractivity contribution in [3.05, 3.63) is 75.8 Å². The number of aryl methyl sites for hydroxylation is 1. The van der Waals surface area contributed by atoms with E-state index in [4.69, 9.17) is 0 Å². The van der Waals surface area contributed by atoms with Crippen molar-refractivity contribution >= 4 is 11.3 Å². The zero-order valence-corrected chi connectivity index (χ0v) is 13.2. The van der Waals surface area contributed by atoms with Crippen LogP contribution in [0.2, 0.25) is 0 Å². The Morgan fingerprint density at radius 2 is 1.86 bits per heavy atom. The topological polar surface area (TPSA) is 55.1 Å². The monoisotopic (exact) mass is 312 g/mol. The second-order valence-corrected chi connectivity index (χ2v) is 6.42. The first-order chi connectivity index (χ1) is 10.5. The third-order valence-corrected chi connectivity index (χ3v) is 5.04. The Morgan fingerprint density at radius 3 is 2.55 bits per heavy atom. The summed E-state index contributed by atoms with van der Waals surface area (Å²) in [7, 11) is 1.73. The first-order valence-electron chi connectivity index (χ1n) is 6.89. The molecule has 3 rings (SSSR count). The highest BCUT2D eigenvalue weighted by Crippen LogP contribution is 2.37. The SMILES string of the molecule is Cn1cc(-c2ccc([C@](C)(O)c3ccncc3)s2)ccc1=O. The lowest BCUT2D eigenvalue weighted by Gasteiger charge is -2.22. The van der Waals surface area contributed by atoms with E-state index in [0.29, 0.717) is 0 Å². The molecule has 1 atom stereocenters. The molecule has 0 aliphatic rings. The third-order valence-electron chi connectivity index (χ3n) is 3.70. The average Bonchev–Trinajstić information content (AvgIpc) is 3.01. The summed E-state index contributed by atoms with van der Waals surface area (Å²) in [6.07, 6.45) is 5.15. The lowest BCUT2D eigenvalue weighted by molar-refractivity contribution is 0.106. The molecule has 0 amide bonds. The molecule has 0 aliphatic heterocycles. The number of hydrogen-bond donors (Lipinski definition) is 1. The van der Waals surface area contributed by atoms with Crippen LogP contribution in [0.5, 0.6) is 0 Å².